The van der Waals surface area contributed by atoms with Crippen molar-refractivity contribution in [3.05, 3.63) is 34.8 Å². The Morgan fingerprint density at radius 3 is 2.37 bits per heavy atom. The number of aliphatic hydroxyl groups is 2. The van der Waals surface area contributed by atoms with Gasteiger partial charge in [0.1, 0.15) is 11.7 Å². The zero-order valence-corrected chi connectivity index (χ0v) is 22.9. The van der Waals surface area contributed by atoms with Crippen molar-refractivity contribution in [1.82, 2.24) is 0 Å². The van der Waals surface area contributed by atoms with Crippen molar-refractivity contribution in [2.24, 2.45) is 44.8 Å². The molecule has 0 saturated heterocycles. The van der Waals surface area contributed by atoms with E-state index in [-0.39, 0.29) is 45.5 Å². The SMILES string of the molecule is [C-]#[N+]C1=C[C@]2(C)C3=C[C@@H](O)[C@]4(O)[C@@H]5CC(C)(C)CC[C@]5(CC)CC[C@@]4(C)[C@]3(C)CC[C@H]2[C@H](C)C1=O. The Kier molecular flexibility index (Phi) is 5.27. The van der Waals surface area contributed by atoms with E-state index < -0.39 is 22.5 Å². The molecule has 5 aliphatic rings. The summed E-state index contributed by atoms with van der Waals surface area (Å²) < 4.78 is 0. The van der Waals surface area contributed by atoms with Crippen LogP contribution in [0.5, 0.6) is 0 Å². The number of fused-ring (bicyclic) bond motifs is 7. The maximum absolute atomic E-state index is 12.9. The van der Waals surface area contributed by atoms with E-state index in [1.165, 1.54) is 6.42 Å². The van der Waals surface area contributed by atoms with Crippen LogP contribution < -0.4 is 0 Å². The van der Waals surface area contributed by atoms with Crippen molar-refractivity contribution in [3.63, 3.8) is 0 Å². The first kappa shape index (κ1) is 25.2. The number of Topliss-reactive ketones (excluding diaryl/α,β-unsaturated/α-hetero) is 1. The van der Waals surface area contributed by atoms with E-state index >= 15 is 0 Å². The number of hydrogen-bond donors (Lipinski definition) is 2. The summed E-state index contributed by atoms with van der Waals surface area (Å²) in [5, 5.41) is 24.9. The number of hydrogen-bond acceptors (Lipinski definition) is 3. The number of carbonyl (C=O) groups excluding carboxylic acids is 1. The van der Waals surface area contributed by atoms with E-state index in [1.54, 1.807) is 0 Å². The number of nitrogens with zero attached hydrogens (tertiary/aromatic N) is 1. The van der Waals surface area contributed by atoms with Gasteiger partial charge in [0.05, 0.1) is 6.57 Å². The summed E-state index contributed by atoms with van der Waals surface area (Å²) in [4.78, 5) is 16.5. The second-order valence-electron chi connectivity index (χ2n) is 14.4. The Morgan fingerprint density at radius 2 is 1.74 bits per heavy atom. The van der Waals surface area contributed by atoms with Gasteiger partial charge in [0, 0.05) is 16.7 Å². The molecule has 3 saturated carbocycles. The summed E-state index contributed by atoms with van der Waals surface area (Å²) in [6.45, 7) is 23.3. The van der Waals surface area contributed by atoms with Crippen molar-refractivity contribution in [2.45, 2.75) is 112 Å². The van der Waals surface area contributed by atoms with Gasteiger partial charge in [-0.2, -0.15) is 0 Å². The average Bonchev–Trinajstić information content (AvgIpc) is 2.80. The smallest absolute Gasteiger partial charge is 0.226 e. The van der Waals surface area contributed by atoms with Gasteiger partial charge in [-0.1, -0.05) is 72.6 Å². The first-order valence-corrected chi connectivity index (χ1v) is 13.9. The molecule has 9 atom stereocenters. The van der Waals surface area contributed by atoms with E-state index in [9.17, 15) is 15.0 Å². The molecule has 2 N–H and O–H groups in total. The normalized spacial score (nSPS) is 52.6. The maximum Gasteiger partial charge on any atom is 0.226 e. The molecule has 0 radical (unpaired) electrons. The van der Waals surface area contributed by atoms with Gasteiger partial charge in [-0.15, -0.1) is 0 Å². The summed E-state index contributed by atoms with van der Waals surface area (Å²) in [6, 6.07) is 0. The standard InChI is InChI=1S/C31H45NO3/c1-9-30-14-12-26(3,4)18-23(30)31(35)24(33)16-22-27(5)17-21(32-8)25(34)19(2)20(27)10-11-28(22,6)29(31,7)13-15-30/h16-17,19-20,23-24,33,35H,9-15,18H2,1-7H3/t19-,20-,23+,24+,27-,28+,29-,30+,31+/m0/s1. The number of ketones is 1. The molecule has 0 aromatic rings. The third-order valence-electron chi connectivity index (χ3n) is 12.8. The molecule has 5 rings (SSSR count). The van der Waals surface area contributed by atoms with Crippen LogP contribution in [0.2, 0.25) is 0 Å². The topological polar surface area (TPSA) is 61.9 Å². The highest BCUT2D eigenvalue weighted by molar-refractivity contribution is 6.00. The molecule has 0 heterocycles. The molecule has 4 heteroatoms. The summed E-state index contributed by atoms with van der Waals surface area (Å²) in [6.07, 6.45) is 11.0. The number of carbonyl (C=O) groups is 1. The molecular formula is C31H45NO3. The van der Waals surface area contributed by atoms with Crippen LogP contribution in [0.15, 0.2) is 23.4 Å². The van der Waals surface area contributed by atoms with Crippen LogP contribution in [0.4, 0.5) is 0 Å². The lowest BCUT2D eigenvalue weighted by molar-refractivity contribution is -0.287. The Labute approximate surface area is 212 Å². The quantitative estimate of drug-likeness (QED) is 0.334. The van der Waals surface area contributed by atoms with Crippen LogP contribution in [-0.2, 0) is 4.79 Å². The number of aliphatic hydroxyl groups excluding tert-OH is 1. The molecule has 0 aromatic heterocycles. The summed E-state index contributed by atoms with van der Waals surface area (Å²) in [5.41, 5.74) is -0.818. The molecular weight excluding hydrogens is 434 g/mol. The molecule has 192 valence electrons. The summed E-state index contributed by atoms with van der Waals surface area (Å²) in [7, 11) is 0. The zero-order valence-electron chi connectivity index (χ0n) is 22.9. The minimum absolute atomic E-state index is 0.0411. The Balaban J connectivity index is 1.72. The van der Waals surface area contributed by atoms with Crippen LogP contribution in [-0.4, -0.2) is 27.7 Å². The molecule has 4 nitrogen and oxygen atoms in total. The third kappa shape index (κ3) is 2.84. The van der Waals surface area contributed by atoms with Crippen molar-refractivity contribution >= 4 is 5.78 Å². The average molecular weight is 480 g/mol. The summed E-state index contributed by atoms with van der Waals surface area (Å²) >= 11 is 0. The van der Waals surface area contributed by atoms with Crippen LogP contribution >= 0.6 is 0 Å². The van der Waals surface area contributed by atoms with E-state index in [2.05, 4.69) is 46.4 Å². The monoisotopic (exact) mass is 479 g/mol. The van der Waals surface area contributed by atoms with Gasteiger partial charge in [0.15, 0.2) is 5.78 Å². The molecule has 5 aliphatic carbocycles. The number of allylic oxidation sites excluding steroid dienone is 3. The first-order chi connectivity index (χ1) is 16.2. The van der Waals surface area contributed by atoms with Crippen LogP contribution in [0.3, 0.4) is 0 Å². The minimum atomic E-state index is -1.19. The Morgan fingerprint density at radius 1 is 1.09 bits per heavy atom. The van der Waals surface area contributed by atoms with Crippen molar-refractivity contribution < 1.29 is 15.0 Å². The lowest BCUT2D eigenvalue weighted by Crippen LogP contribution is -2.74. The molecule has 0 bridgehead atoms. The van der Waals surface area contributed by atoms with Gasteiger partial charge in [-0.05, 0) is 73.0 Å². The molecule has 3 fully saturated rings. The molecule has 35 heavy (non-hydrogen) atoms. The fourth-order valence-electron chi connectivity index (χ4n) is 10.2. The Bertz CT molecular complexity index is 1070. The first-order valence-electron chi connectivity index (χ1n) is 13.9. The van der Waals surface area contributed by atoms with Gasteiger partial charge >= 0.3 is 0 Å². The largest absolute Gasteiger partial charge is 0.386 e. The van der Waals surface area contributed by atoms with E-state index in [1.807, 2.05) is 19.1 Å². The van der Waals surface area contributed by atoms with E-state index in [0.29, 0.717) is 0 Å². The number of rotatable bonds is 1. The highest BCUT2D eigenvalue weighted by atomic mass is 16.3. The van der Waals surface area contributed by atoms with E-state index in [0.717, 1.165) is 50.5 Å². The minimum Gasteiger partial charge on any atom is -0.386 e. The third-order valence-corrected chi connectivity index (χ3v) is 12.8. The molecule has 0 aliphatic heterocycles. The fraction of sp³-hybridized carbons (Fsp3) is 0.806. The van der Waals surface area contributed by atoms with Crippen LogP contribution in [0, 0.1) is 51.4 Å². The predicted octanol–water partition coefficient (Wildman–Crippen LogP) is 6.49. The van der Waals surface area contributed by atoms with Crippen LogP contribution in [0.25, 0.3) is 4.85 Å². The van der Waals surface area contributed by atoms with Gasteiger partial charge in [0.2, 0.25) is 5.70 Å². The van der Waals surface area contributed by atoms with Gasteiger partial charge < -0.3 is 15.0 Å². The van der Waals surface area contributed by atoms with Gasteiger partial charge in [-0.25, -0.2) is 4.85 Å². The zero-order chi connectivity index (χ0) is 25.8. The van der Waals surface area contributed by atoms with Gasteiger partial charge in [0.25, 0.3) is 0 Å². The van der Waals surface area contributed by atoms with Gasteiger partial charge in [-0.3, -0.25) is 0 Å². The second-order valence-corrected chi connectivity index (χ2v) is 14.4. The maximum atomic E-state index is 12.9. The van der Waals surface area contributed by atoms with Crippen molar-refractivity contribution in [1.29, 1.82) is 0 Å². The van der Waals surface area contributed by atoms with Crippen LogP contribution in [0.1, 0.15) is 99.8 Å². The highest BCUT2D eigenvalue weighted by Gasteiger charge is 2.74. The Hall–Kier alpha value is -1.44. The molecule has 0 aromatic carbocycles. The van der Waals surface area contributed by atoms with Crippen molar-refractivity contribution in [3.8, 4) is 0 Å². The lowest BCUT2D eigenvalue weighted by Gasteiger charge is -2.73. The molecule has 0 amide bonds. The highest BCUT2D eigenvalue weighted by Crippen LogP contribution is 2.75. The fourth-order valence-corrected chi connectivity index (χ4v) is 10.2. The van der Waals surface area contributed by atoms with E-state index in [4.69, 9.17) is 6.57 Å². The predicted molar refractivity (Wildman–Crippen MR) is 138 cm³/mol. The second kappa shape index (κ2) is 7.32. The molecule has 0 spiro atoms. The van der Waals surface area contributed by atoms with Crippen molar-refractivity contribution in [2.75, 3.05) is 0 Å². The lowest BCUT2D eigenvalue weighted by atomic mass is 9.33. The summed E-state index contributed by atoms with van der Waals surface area (Å²) in [5.74, 6) is -0.0725. The molecule has 0 unspecified atom stereocenters.